The zero-order valence-electron chi connectivity index (χ0n) is 12.3. The van der Waals surface area contributed by atoms with Gasteiger partial charge in [-0.1, -0.05) is 44.9 Å². The first-order valence-corrected chi connectivity index (χ1v) is 8.28. The molecule has 1 unspecified atom stereocenters. The lowest BCUT2D eigenvalue weighted by atomic mass is 9.96. The van der Waals surface area contributed by atoms with Gasteiger partial charge in [0.25, 0.3) is 0 Å². The molecular formula is C16H25NO2S. The van der Waals surface area contributed by atoms with E-state index < -0.39 is 6.10 Å². The molecule has 0 aliphatic heterocycles. The molecule has 1 aromatic carbocycles. The van der Waals surface area contributed by atoms with E-state index in [1.54, 1.807) is 11.8 Å². The van der Waals surface area contributed by atoms with Gasteiger partial charge < -0.3 is 10.4 Å². The van der Waals surface area contributed by atoms with Crippen LogP contribution in [0.2, 0.25) is 0 Å². The van der Waals surface area contributed by atoms with E-state index in [-0.39, 0.29) is 11.8 Å². The van der Waals surface area contributed by atoms with E-state index in [1.807, 2.05) is 30.3 Å². The van der Waals surface area contributed by atoms with Crippen LogP contribution in [-0.4, -0.2) is 29.4 Å². The summed E-state index contributed by atoms with van der Waals surface area (Å²) in [5, 5.41) is 12.8. The molecule has 0 heterocycles. The summed E-state index contributed by atoms with van der Waals surface area (Å²) < 4.78 is 0. The molecule has 0 spiro atoms. The third-order valence-corrected chi connectivity index (χ3v) is 4.46. The Bertz CT molecular complexity index is 379. The van der Waals surface area contributed by atoms with E-state index in [0.717, 1.165) is 18.6 Å². The summed E-state index contributed by atoms with van der Waals surface area (Å²) in [7, 11) is 0. The Morgan fingerprint density at radius 3 is 2.50 bits per heavy atom. The van der Waals surface area contributed by atoms with Crippen LogP contribution in [0.15, 0.2) is 35.2 Å². The zero-order chi connectivity index (χ0) is 14.8. The fourth-order valence-electron chi connectivity index (χ4n) is 2.08. The molecule has 0 aliphatic carbocycles. The van der Waals surface area contributed by atoms with Crippen LogP contribution in [0, 0.1) is 5.92 Å². The quantitative estimate of drug-likeness (QED) is 0.688. The number of aliphatic hydroxyl groups excluding tert-OH is 1. The molecule has 20 heavy (non-hydrogen) atoms. The Balaban J connectivity index is 2.17. The number of hydrogen-bond acceptors (Lipinski definition) is 3. The third-order valence-electron chi connectivity index (χ3n) is 3.44. The van der Waals surface area contributed by atoms with E-state index in [0.29, 0.717) is 13.0 Å². The van der Waals surface area contributed by atoms with Crippen molar-refractivity contribution in [1.82, 2.24) is 5.32 Å². The van der Waals surface area contributed by atoms with Crippen molar-refractivity contribution in [2.24, 2.45) is 5.92 Å². The van der Waals surface area contributed by atoms with Crippen molar-refractivity contribution in [3.05, 3.63) is 30.3 Å². The predicted octanol–water partition coefficient (Wildman–Crippen LogP) is 3.08. The molecule has 0 bridgehead atoms. The van der Waals surface area contributed by atoms with Crippen LogP contribution in [0.3, 0.4) is 0 Å². The zero-order valence-corrected chi connectivity index (χ0v) is 13.2. The average molecular weight is 295 g/mol. The van der Waals surface area contributed by atoms with Crippen LogP contribution in [0.25, 0.3) is 0 Å². The van der Waals surface area contributed by atoms with E-state index in [2.05, 4.69) is 19.2 Å². The van der Waals surface area contributed by atoms with E-state index in [4.69, 9.17) is 0 Å². The Kier molecular flexibility index (Phi) is 8.38. The maximum Gasteiger partial charge on any atom is 0.220 e. The van der Waals surface area contributed by atoms with Crippen molar-refractivity contribution < 1.29 is 9.90 Å². The van der Waals surface area contributed by atoms with Gasteiger partial charge >= 0.3 is 0 Å². The molecule has 0 fully saturated rings. The number of rotatable bonds is 9. The number of carbonyl (C=O) groups excluding carboxylic acids is 1. The molecule has 2 N–H and O–H groups in total. The highest BCUT2D eigenvalue weighted by atomic mass is 32.2. The molecule has 1 aromatic rings. The van der Waals surface area contributed by atoms with Gasteiger partial charge in [-0.2, -0.15) is 0 Å². The van der Waals surface area contributed by atoms with Gasteiger partial charge in [-0.25, -0.2) is 0 Å². The van der Waals surface area contributed by atoms with E-state index in [9.17, 15) is 9.90 Å². The van der Waals surface area contributed by atoms with Crippen molar-refractivity contribution in [3.8, 4) is 0 Å². The maximum atomic E-state index is 11.7. The smallest absolute Gasteiger partial charge is 0.220 e. The number of hydrogen-bond donors (Lipinski definition) is 2. The van der Waals surface area contributed by atoms with Crippen LogP contribution in [0.5, 0.6) is 0 Å². The van der Waals surface area contributed by atoms with Crippen molar-refractivity contribution in [2.45, 2.75) is 44.1 Å². The number of thioether (sulfide) groups is 1. The van der Waals surface area contributed by atoms with Crippen molar-refractivity contribution in [3.63, 3.8) is 0 Å². The summed E-state index contributed by atoms with van der Waals surface area (Å²) in [6, 6.07) is 10.1. The molecule has 0 aromatic heterocycles. The summed E-state index contributed by atoms with van der Waals surface area (Å²) in [5.74, 6) is 1.05. The van der Waals surface area contributed by atoms with E-state index in [1.165, 1.54) is 4.90 Å². The number of amides is 1. The van der Waals surface area contributed by atoms with E-state index >= 15 is 0 Å². The summed E-state index contributed by atoms with van der Waals surface area (Å²) in [4.78, 5) is 12.9. The monoisotopic (exact) mass is 295 g/mol. The van der Waals surface area contributed by atoms with Crippen LogP contribution in [0.4, 0.5) is 0 Å². The van der Waals surface area contributed by atoms with Crippen molar-refractivity contribution in [2.75, 3.05) is 12.3 Å². The summed E-state index contributed by atoms with van der Waals surface area (Å²) in [5.41, 5.74) is 0. The summed E-state index contributed by atoms with van der Waals surface area (Å²) in [6.07, 6.45) is 1.93. The molecule has 4 heteroatoms. The summed E-state index contributed by atoms with van der Waals surface area (Å²) in [6.45, 7) is 4.49. The highest BCUT2D eigenvalue weighted by molar-refractivity contribution is 7.99. The van der Waals surface area contributed by atoms with Gasteiger partial charge in [-0.3, -0.25) is 4.79 Å². The Morgan fingerprint density at radius 2 is 1.90 bits per heavy atom. The second kappa shape index (κ2) is 9.83. The lowest BCUT2D eigenvalue weighted by Gasteiger charge is -2.20. The Labute approximate surface area is 126 Å². The predicted molar refractivity (Wildman–Crippen MR) is 84.9 cm³/mol. The molecule has 0 saturated carbocycles. The van der Waals surface area contributed by atoms with Crippen LogP contribution in [-0.2, 0) is 4.79 Å². The fraction of sp³-hybridized carbons (Fsp3) is 0.562. The number of nitrogens with one attached hydrogen (secondary N) is 1. The van der Waals surface area contributed by atoms with Crippen LogP contribution in [0.1, 0.15) is 33.1 Å². The first-order chi connectivity index (χ1) is 9.67. The molecule has 1 rings (SSSR count). The van der Waals surface area contributed by atoms with Gasteiger partial charge in [0.1, 0.15) is 0 Å². The largest absolute Gasteiger partial charge is 0.391 e. The van der Waals surface area contributed by atoms with Gasteiger partial charge in [-0.05, 0) is 18.1 Å². The molecular weight excluding hydrogens is 270 g/mol. The number of carbonyl (C=O) groups is 1. The highest BCUT2D eigenvalue weighted by Gasteiger charge is 2.15. The molecule has 3 nitrogen and oxygen atoms in total. The molecule has 1 amide bonds. The Morgan fingerprint density at radius 1 is 1.25 bits per heavy atom. The standard InChI is InChI=1S/C16H25NO2S/c1-3-13(4-2)15(18)12-17-16(19)10-11-20-14-8-6-5-7-9-14/h5-9,13,15,18H,3-4,10-12H2,1-2H3,(H,17,19). The maximum absolute atomic E-state index is 11.7. The molecule has 0 radical (unpaired) electrons. The van der Waals surface area contributed by atoms with Crippen molar-refractivity contribution in [1.29, 1.82) is 0 Å². The lowest BCUT2D eigenvalue weighted by Crippen LogP contribution is -2.36. The normalized spacial score (nSPS) is 12.4. The topological polar surface area (TPSA) is 49.3 Å². The minimum atomic E-state index is -0.435. The van der Waals surface area contributed by atoms with Gasteiger partial charge in [0.05, 0.1) is 6.10 Å². The lowest BCUT2D eigenvalue weighted by molar-refractivity contribution is -0.121. The first-order valence-electron chi connectivity index (χ1n) is 7.30. The summed E-state index contributed by atoms with van der Waals surface area (Å²) >= 11 is 1.67. The molecule has 1 atom stereocenters. The van der Waals surface area contributed by atoms with Gasteiger partial charge in [-0.15, -0.1) is 11.8 Å². The van der Waals surface area contributed by atoms with Crippen LogP contribution >= 0.6 is 11.8 Å². The minimum absolute atomic E-state index is 0.0124. The number of aliphatic hydroxyl groups is 1. The first kappa shape index (κ1) is 17.1. The van der Waals surface area contributed by atoms with Gasteiger partial charge in [0.2, 0.25) is 5.91 Å². The molecule has 0 aliphatic rings. The van der Waals surface area contributed by atoms with Crippen LogP contribution < -0.4 is 5.32 Å². The molecule has 0 saturated heterocycles. The average Bonchev–Trinajstić information content (AvgIpc) is 2.47. The molecule has 112 valence electrons. The second-order valence-corrected chi connectivity index (χ2v) is 6.03. The highest BCUT2D eigenvalue weighted by Crippen LogP contribution is 2.17. The number of benzene rings is 1. The third kappa shape index (κ3) is 6.44. The van der Waals surface area contributed by atoms with Gasteiger partial charge in [0, 0.05) is 23.6 Å². The Hall–Kier alpha value is -1.00. The second-order valence-electron chi connectivity index (χ2n) is 4.86. The minimum Gasteiger partial charge on any atom is -0.391 e. The van der Waals surface area contributed by atoms with Crippen molar-refractivity contribution >= 4 is 17.7 Å². The SMILES string of the molecule is CCC(CC)C(O)CNC(=O)CCSc1ccccc1. The fourth-order valence-corrected chi connectivity index (χ4v) is 2.96. The van der Waals surface area contributed by atoms with Gasteiger partial charge in [0.15, 0.2) is 0 Å².